The number of carbonyl (C=O) groups excluding carboxylic acids is 1. The van der Waals surface area contributed by atoms with Gasteiger partial charge >= 0.3 is 0 Å². The lowest BCUT2D eigenvalue weighted by atomic mass is 10.0. The number of nitrogens with zero attached hydrogens (tertiary/aromatic N) is 2. The first-order valence-corrected chi connectivity index (χ1v) is 6.06. The Morgan fingerprint density at radius 3 is 2.67 bits per heavy atom. The third-order valence-electron chi connectivity index (χ3n) is 2.71. The van der Waals surface area contributed by atoms with E-state index in [-0.39, 0.29) is 5.91 Å². The Balaban J connectivity index is 2.88. The number of aromatic nitrogens is 1. The standard InChI is InChI=1S/C13H22N4O/c1-6-15-13(2,3)12(18)16-10-9-14-8-7-11(10)17(4)5/h7-9,15H,6H2,1-5H3,(H,16,18). The summed E-state index contributed by atoms with van der Waals surface area (Å²) in [4.78, 5) is 18.2. The van der Waals surface area contributed by atoms with Crippen LogP contribution in [-0.2, 0) is 4.79 Å². The predicted octanol–water partition coefficient (Wildman–Crippen LogP) is 1.47. The largest absolute Gasteiger partial charge is 0.376 e. The third-order valence-corrected chi connectivity index (χ3v) is 2.71. The SMILES string of the molecule is CCNC(C)(C)C(=O)Nc1cnccc1N(C)C. The van der Waals surface area contributed by atoms with Crippen LogP contribution >= 0.6 is 0 Å². The number of pyridine rings is 1. The van der Waals surface area contributed by atoms with Gasteiger partial charge in [-0.3, -0.25) is 9.78 Å². The lowest BCUT2D eigenvalue weighted by molar-refractivity contribution is -0.121. The number of anilines is 2. The minimum absolute atomic E-state index is 0.0690. The van der Waals surface area contributed by atoms with Gasteiger partial charge in [0.05, 0.1) is 23.1 Å². The summed E-state index contributed by atoms with van der Waals surface area (Å²) in [5.74, 6) is -0.0690. The smallest absolute Gasteiger partial charge is 0.244 e. The number of rotatable bonds is 5. The average molecular weight is 250 g/mol. The number of likely N-dealkylation sites (N-methyl/N-ethyl adjacent to an activating group) is 1. The van der Waals surface area contributed by atoms with Crippen LogP contribution in [0.5, 0.6) is 0 Å². The van der Waals surface area contributed by atoms with Gasteiger partial charge in [0.2, 0.25) is 5.91 Å². The molecule has 0 fully saturated rings. The molecule has 0 aliphatic carbocycles. The molecule has 0 bridgehead atoms. The molecule has 0 aliphatic rings. The minimum atomic E-state index is -0.603. The molecule has 1 heterocycles. The van der Waals surface area contributed by atoms with Crippen LogP contribution in [0.1, 0.15) is 20.8 Å². The molecule has 0 radical (unpaired) electrons. The van der Waals surface area contributed by atoms with Crippen molar-refractivity contribution in [2.75, 3.05) is 30.9 Å². The summed E-state index contributed by atoms with van der Waals surface area (Å²) < 4.78 is 0. The van der Waals surface area contributed by atoms with Gasteiger partial charge in [-0.15, -0.1) is 0 Å². The van der Waals surface area contributed by atoms with Crippen molar-refractivity contribution in [3.63, 3.8) is 0 Å². The second kappa shape index (κ2) is 5.82. The molecule has 0 aromatic carbocycles. The van der Waals surface area contributed by atoms with Crippen molar-refractivity contribution in [2.45, 2.75) is 26.3 Å². The van der Waals surface area contributed by atoms with Gasteiger partial charge in [0.25, 0.3) is 0 Å². The van der Waals surface area contributed by atoms with Crippen LogP contribution in [0.15, 0.2) is 18.5 Å². The highest BCUT2D eigenvalue weighted by Crippen LogP contribution is 2.23. The zero-order valence-electron chi connectivity index (χ0n) is 11.7. The first-order chi connectivity index (χ1) is 8.38. The summed E-state index contributed by atoms with van der Waals surface area (Å²) in [5.41, 5.74) is 1.05. The molecule has 5 nitrogen and oxygen atoms in total. The molecular formula is C13H22N4O. The summed E-state index contributed by atoms with van der Waals surface area (Å²) in [7, 11) is 3.86. The van der Waals surface area contributed by atoms with Gasteiger partial charge in [-0.05, 0) is 26.5 Å². The second-order valence-corrected chi connectivity index (χ2v) is 4.90. The lowest BCUT2D eigenvalue weighted by Crippen LogP contribution is -2.49. The highest BCUT2D eigenvalue weighted by atomic mass is 16.2. The Labute approximate surface area is 109 Å². The first-order valence-electron chi connectivity index (χ1n) is 6.06. The fraction of sp³-hybridized carbons (Fsp3) is 0.538. The highest BCUT2D eigenvalue weighted by Gasteiger charge is 2.26. The van der Waals surface area contributed by atoms with Gasteiger partial charge in [0, 0.05) is 20.3 Å². The topological polar surface area (TPSA) is 57.3 Å². The molecule has 0 saturated carbocycles. The molecule has 100 valence electrons. The van der Waals surface area contributed by atoms with Crippen LogP contribution in [0, 0.1) is 0 Å². The van der Waals surface area contributed by atoms with Crippen molar-refractivity contribution in [1.29, 1.82) is 0 Å². The van der Waals surface area contributed by atoms with E-state index in [9.17, 15) is 4.79 Å². The first kappa shape index (κ1) is 14.4. The van der Waals surface area contributed by atoms with Gasteiger partial charge in [0.1, 0.15) is 0 Å². The van der Waals surface area contributed by atoms with E-state index in [2.05, 4.69) is 15.6 Å². The maximum Gasteiger partial charge on any atom is 0.244 e. The lowest BCUT2D eigenvalue weighted by Gasteiger charge is -2.26. The van der Waals surface area contributed by atoms with Crippen LogP contribution in [0.25, 0.3) is 0 Å². The normalized spacial score (nSPS) is 11.2. The van der Waals surface area contributed by atoms with Crippen LogP contribution in [-0.4, -0.2) is 37.1 Å². The summed E-state index contributed by atoms with van der Waals surface area (Å²) in [6.45, 7) is 6.44. The Morgan fingerprint density at radius 2 is 2.11 bits per heavy atom. The number of hydrogen-bond acceptors (Lipinski definition) is 4. The molecule has 0 spiro atoms. The summed E-state index contributed by atoms with van der Waals surface area (Å²) in [6, 6.07) is 1.87. The van der Waals surface area contributed by atoms with Crippen molar-refractivity contribution >= 4 is 17.3 Å². The van der Waals surface area contributed by atoms with Crippen molar-refractivity contribution in [2.24, 2.45) is 0 Å². The third kappa shape index (κ3) is 3.43. The average Bonchev–Trinajstić information content (AvgIpc) is 2.29. The fourth-order valence-corrected chi connectivity index (χ4v) is 1.67. The Kier molecular flexibility index (Phi) is 4.67. The molecule has 1 aromatic rings. The summed E-state index contributed by atoms with van der Waals surface area (Å²) >= 11 is 0. The quantitative estimate of drug-likeness (QED) is 0.831. The molecule has 18 heavy (non-hydrogen) atoms. The van der Waals surface area contributed by atoms with Gasteiger partial charge in [-0.2, -0.15) is 0 Å². The molecule has 5 heteroatoms. The van der Waals surface area contributed by atoms with E-state index < -0.39 is 5.54 Å². The van der Waals surface area contributed by atoms with E-state index in [1.54, 1.807) is 12.4 Å². The van der Waals surface area contributed by atoms with Crippen molar-refractivity contribution in [3.8, 4) is 0 Å². The second-order valence-electron chi connectivity index (χ2n) is 4.90. The molecular weight excluding hydrogens is 228 g/mol. The zero-order chi connectivity index (χ0) is 13.8. The molecule has 0 atom stereocenters. The van der Waals surface area contributed by atoms with E-state index in [0.29, 0.717) is 0 Å². The fourth-order valence-electron chi connectivity index (χ4n) is 1.67. The number of nitrogens with one attached hydrogen (secondary N) is 2. The zero-order valence-corrected chi connectivity index (χ0v) is 11.7. The summed E-state index contributed by atoms with van der Waals surface area (Å²) in [5, 5.41) is 6.06. The van der Waals surface area contributed by atoms with Crippen LogP contribution < -0.4 is 15.5 Å². The molecule has 2 N–H and O–H groups in total. The van der Waals surface area contributed by atoms with Gasteiger partial charge < -0.3 is 15.5 Å². The number of carbonyl (C=O) groups is 1. The van der Waals surface area contributed by atoms with E-state index in [1.165, 1.54) is 0 Å². The van der Waals surface area contributed by atoms with Crippen LogP contribution in [0.3, 0.4) is 0 Å². The van der Waals surface area contributed by atoms with Crippen molar-refractivity contribution in [1.82, 2.24) is 10.3 Å². The molecule has 1 aromatic heterocycles. The Morgan fingerprint density at radius 1 is 1.44 bits per heavy atom. The summed E-state index contributed by atoms with van der Waals surface area (Å²) in [6.07, 6.45) is 3.37. The minimum Gasteiger partial charge on any atom is -0.376 e. The van der Waals surface area contributed by atoms with E-state index in [1.807, 2.05) is 45.8 Å². The maximum absolute atomic E-state index is 12.2. The Hall–Kier alpha value is -1.62. The van der Waals surface area contributed by atoms with Crippen molar-refractivity contribution in [3.05, 3.63) is 18.5 Å². The van der Waals surface area contributed by atoms with E-state index in [0.717, 1.165) is 17.9 Å². The molecule has 1 amide bonds. The number of hydrogen-bond donors (Lipinski definition) is 2. The van der Waals surface area contributed by atoms with Gasteiger partial charge in [-0.1, -0.05) is 6.92 Å². The van der Waals surface area contributed by atoms with Crippen LogP contribution in [0.2, 0.25) is 0 Å². The van der Waals surface area contributed by atoms with E-state index >= 15 is 0 Å². The predicted molar refractivity (Wildman–Crippen MR) is 74.9 cm³/mol. The monoisotopic (exact) mass is 250 g/mol. The highest BCUT2D eigenvalue weighted by molar-refractivity contribution is 5.99. The molecule has 1 rings (SSSR count). The van der Waals surface area contributed by atoms with Gasteiger partial charge in [0.15, 0.2) is 0 Å². The van der Waals surface area contributed by atoms with Crippen LogP contribution in [0.4, 0.5) is 11.4 Å². The van der Waals surface area contributed by atoms with E-state index in [4.69, 9.17) is 0 Å². The Bertz CT molecular complexity index is 415. The van der Waals surface area contributed by atoms with Gasteiger partial charge in [-0.25, -0.2) is 0 Å². The molecule has 0 saturated heterocycles. The molecule has 0 aliphatic heterocycles. The molecule has 0 unspecified atom stereocenters. The number of amides is 1. The van der Waals surface area contributed by atoms with Crippen molar-refractivity contribution < 1.29 is 4.79 Å². The maximum atomic E-state index is 12.2.